The zero-order chi connectivity index (χ0) is 13.4. The van der Waals surface area contributed by atoms with Gasteiger partial charge in [-0.25, -0.2) is 0 Å². The van der Waals surface area contributed by atoms with E-state index in [0.717, 1.165) is 24.4 Å². The molecule has 0 saturated heterocycles. The van der Waals surface area contributed by atoms with Crippen LogP contribution in [0.4, 0.5) is 5.69 Å². The molecule has 100 valence electrons. The summed E-state index contributed by atoms with van der Waals surface area (Å²) in [5.41, 5.74) is 8.15. The molecule has 0 aromatic heterocycles. The molecule has 0 radical (unpaired) electrons. The summed E-state index contributed by atoms with van der Waals surface area (Å²) in [6.45, 7) is 5.14. The van der Waals surface area contributed by atoms with E-state index in [1.165, 1.54) is 5.56 Å². The number of hydrogen-bond donors (Lipinski definition) is 2. The minimum absolute atomic E-state index is 0.497. The van der Waals surface area contributed by atoms with E-state index < -0.39 is 0 Å². The molecule has 0 fully saturated rings. The summed E-state index contributed by atoms with van der Waals surface area (Å²) < 4.78 is 0. The van der Waals surface area contributed by atoms with Crippen LogP contribution in [-0.2, 0) is 0 Å². The highest BCUT2D eigenvalue weighted by Gasteiger charge is 2.00. The van der Waals surface area contributed by atoms with Crippen LogP contribution in [0.1, 0.15) is 31.7 Å². The zero-order valence-electron chi connectivity index (χ0n) is 11.4. The number of thioether (sulfide) groups is 1. The van der Waals surface area contributed by atoms with Gasteiger partial charge in [0, 0.05) is 12.2 Å². The molecule has 4 heteroatoms. The summed E-state index contributed by atoms with van der Waals surface area (Å²) in [6, 6.07) is 8.30. The van der Waals surface area contributed by atoms with Gasteiger partial charge in [0.25, 0.3) is 0 Å². The van der Waals surface area contributed by atoms with Gasteiger partial charge in [0.2, 0.25) is 0 Å². The predicted octanol–water partition coefficient (Wildman–Crippen LogP) is 3.29. The number of guanidine groups is 1. The van der Waals surface area contributed by atoms with Gasteiger partial charge in [-0.05, 0) is 42.0 Å². The molecule has 1 rings (SSSR count). The van der Waals surface area contributed by atoms with Crippen LogP contribution in [0.15, 0.2) is 29.3 Å². The van der Waals surface area contributed by atoms with Crippen LogP contribution >= 0.6 is 11.8 Å². The Morgan fingerprint density at radius 2 is 2.22 bits per heavy atom. The maximum absolute atomic E-state index is 5.85. The zero-order valence-corrected chi connectivity index (χ0v) is 12.3. The van der Waals surface area contributed by atoms with Gasteiger partial charge >= 0.3 is 0 Å². The van der Waals surface area contributed by atoms with Gasteiger partial charge in [0.15, 0.2) is 5.96 Å². The first-order valence-corrected chi connectivity index (χ1v) is 7.68. The van der Waals surface area contributed by atoms with Crippen LogP contribution in [0.25, 0.3) is 0 Å². The Hall–Kier alpha value is -1.16. The molecule has 0 atom stereocenters. The number of aliphatic imine (C=N–C) groups is 1. The van der Waals surface area contributed by atoms with Gasteiger partial charge < -0.3 is 11.1 Å². The molecule has 0 aliphatic carbocycles. The van der Waals surface area contributed by atoms with Crippen molar-refractivity contribution < 1.29 is 0 Å². The average Bonchev–Trinajstić information content (AvgIpc) is 2.35. The first-order chi connectivity index (χ1) is 8.63. The molecule has 3 nitrogen and oxygen atoms in total. The lowest BCUT2D eigenvalue weighted by molar-refractivity contribution is 0.867. The molecule has 0 saturated carbocycles. The number of nitrogens with zero attached hydrogens (tertiary/aromatic N) is 1. The van der Waals surface area contributed by atoms with Gasteiger partial charge in [0.05, 0.1) is 0 Å². The Morgan fingerprint density at radius 1 is 1.44 bits per heavy atom. The first kappa shape index (κ1) is 14.9. The number of nitrogens with two attached hydrogens (primary N) is 1. The number of benzene rings is 1. The van der Waals surface area contributed by atoms with E-state index in [4.69, 9.17) is 5.73 Å². The molecular formula is C14H23N3S. The Balaban J connectivity index is 2.53. The summed E-state index contributed by atoms with van der Waals surface area (Å²) >= 11 is 1.83. The molecule has 0 unspecified atom stereocenters. The van der Waals surface area contributed by atoms with Crippen LogP contribution in [0, 0.1) is 0 Å². The molecule has 18 heavy (non-hydrogen) atoms. The third-order valence-electron chi connectivity index (χ3n) is 2.61. The Kier molecular flexibility index (Phi) is 6.65. The van der Waals surface area contributed by atoms with Crippen molar-refractivity contribution >= 4 is 23.4 Å². The number of nitrogens with one attached hydrogen (secondary N) is 1. The van der Waals surface area contributed by atoms with Gasteiger partial charge in [0.1, 0.15) is 0 Å². The van der Waals surface area contributed by atoms with Crippen LogP contribution in [0.5, 0.6) is 0 Å². The van der Waals surface area contributed by atoms with Crippen molar-refractivity contribution in [3.8, 4) is 0 Å². The molecule has 1 aromatic rings. The van der Waals surface area contributed by atoms with E-state index in [0.29, 0.717) is 11.9 Å². The third-order valence-corrected chi connectivity index (χ3v) is 3.31. The minimum Gasteiger partial charge on any atom is -0.370 e. The van der Waals surface area contributed by atoms with Crippen LogP contribution in [0.3, 0.4) is 0 Å². The molecule has 1 aromatic carbocycles. The Labute approximate surface area is 114 Å². The molecule has 0 aliphatic heterocycles. The molecular weight excluding hydrogens is 242 g/mol. The fourth-order valence-electron chi connectivity index (χ4n) is 1.57. The standard InChI is InChI=1S/C14H23N3S/c1-11(2)12-6-4-7-13(10-12)17-14(15)16-8-5-9-18-3/h4,6-7,10-11H,5,8-9H2,1-3H3,(H3,15,16,17). The van der Waals surface area contributed by atoms with Crippen LogP contribution in [0.2, 0.25) is 0 Å². The van der Waals surface area contributed by atoms with Gasteiger partial charge in [-0.3, -0.25) is 4.99 Å². The first-order valence-electron chi connectivity index (χ1n) is 6.29. The summed E-state index contributed by atoms with van der Waals surface area (Å²) in [5.74, 6) is 2.14. The van der Waals surface area contributed by atoms with Crippen molar-refractivity contribution in [2.24, 2.45) is 10.7 Å². The van der Waals surface area contributed by atoms with Crippen molar-refractivity contribution in [3.63, 3.8) is 0 Å². The summed E-state index contributed by atoms with van der Waals surface area (Å²) in [5, 5.41) is 3.14. The average molecular weight is 265 g/mol. The smallest absolute Gasteiger partial charge is 0.193 e. The predicted molar refractivity (Wildman–Crippen MR) is 83.6 cm³/mol. The lowest BCUT2D eigenvalue weighted by Crippen LogP contribution is -2.23. The number of hydrogen-bond acceptors (Lipinski definition) is 2. The Bertz CT molecular complexity index is 388. The van der Waals surface area contributed by atoms with E-state index >= 15 is 0 Å². The van der Waals surface area contributed by atoms with E-state index in [1.807, 2.05) is 23.9 Å². The van der Waals surface area contributed by atoms with E-state index in [2.05, 4.69) is 42.5 Å². The highest BCUT2D eigenvalue weighted by molar-refractivity contribution is 7.98. The summed E-state index contributed by atoms with van der Waals surface area (Å²) in [7, 11) is 0. The van der Waals surface area contributed by atoms with Crippen molar-refractivity contribution in [2.75, 3.05) is 23.9 Å². The van der Waals surface area contributed by atoms with E-state index in [1.54, 1.807) is 0 Å². The molecule has 0 heterocycles. The van der Waals surface area contributed by atoms with Gasteiger partial charge in [-0.2, -0.15) is 11.8 Å². The van der Waals surface area contributed by atoms with Crippen molar-refractivity contribution in [2.45, 2.75) is 26.2 Å². The molecule has 3 N–H and O–H groups in total. The fraction of sp³-hybridized carbons (Fsp3) is 0.500. The lowest BCUT2D eigenvalue weighted by Gasteiger charge is -2.09. The van der Waals surface area contributed by atoms with Gasteiger partial charge in [-0.15, -0.1) is 0 Å². The monoisotopic (exact) mass is 265 g/mol. The highest BCUT2D eigenvalue weighted by Crippen LogP contribution is 2.18. The second kappa shape index (κ2) is 8.03. The maximum Gasteiger partial charge on any atom is 0.193 e. The summed E-state index contributed by atoms with van der Waals surface area (Å²) in [6.07, 6.45) is 3.16. The van der Waals surface area contributed by atoms with Crippen LogP contribution < -0.4 is 11.1 Å². The van der Waals surface area contributed by atoms with Crippen molar-refractivity contribution in [3.05, 3.63) is 29.8 Å². The minimum atomic E-state index is 0.497. The normalized spacial score (nSPS) is 11.9. The molecule has 0 amide bonds. The molecule has 0 spiro atoms. The second-order valence-corrected chi connectivity index (χ2v) is 5.50. The lowest BCUT2D eigenvalue weighted by atomic mass is 10.0. The fourth-order valence-corrected chi connectivity index (χ4v) is 1.99. The largest absolute Gasteiger partial charge is 0.370 e. The number of anilines is 1. The Morgan fingerprint density at radius 3 is 2.89 bits per heavy atom. The molecule has 0 bridgehead atoms. The molecule has 0 aliphatic rings. The van der Waals surface area contributed by atoms with E-state index in [-0.39, 0.29) is 0 Å². The van der Waals surface area contributed by atoms with Gasteiger partial charge in [-0.1, -0.05) is 26.0 Å². The topological polar surface area (TPSA) is 50.4 Å². The van der Waals surface area contributed by atoms with Crippen molar-refractivity contribution in [1.29, 1.82) is 0 Å². The maximum atomic E-state index is 5.85. The van der Waals surface area contributed by atoms with Crippen LogP contribution in [-0.4, -0.2) is 24.5 Å². The summed E-state index contributed by atoms with van der Waals surface area (Å²) in [4.78, 5) is 4.30. The number of rotatable bonds is 6. The van der Waals surface area contributed by atoms with E-state index in [9.17, 15) is 0 Å². The van der Waals surface area contributed by atoms with Crippen molar-refractivity contribution in [1.82, 2.24) is 0 Å². The highest BCUT2D eigenvalue weighted by atomic mass is 32.2. The quantitative estimate of drug-likeness (QED) is 0.471. The third kappa shape index (κ3) is 5.45. The second-order valence-electron chi connectivity index (χ2n) is 4.52. The SMILES string of the molecule is CSCCCN=C(N)Nc1cccc(C(C)C)c1.